The number of hydrogen-bond acceptors (Lipinski definition) is 7. The van der Waals surface area contributed by atoms with E-state index in [9.17, 15) is 9.90 Å². The lowest BCUT2D eigenvalue weighted by Gasteiger charge is -2.11. The molecular weight excluding hydrogens is 480 g/mol. The molecule has 2 aromatic carbocycles. The van der Waals surface area contributed by atoms with Crippen molar-refractivity contribution in [1.29, 1.82) is 0 Å². The Balaban J connectivity index is 1.40. The Morgan fingerprint density at radius 1 is 1.17 bits per heavy atom. The van der Waals surface area contributed by atoms with Gasteiger partial charge in [-0.05, 0) is 47.7 Å². The summed E-state index contributed by atoms with van der Waals surface area (Å²) in [7, 11) is 0. The standard InChI is InChI=1S/C25H21ClN8O2/c26-17-6-3-5-14(10-17)19-7-2-1-4-15(19)12-27-23-31-21-16(11-20-22(35)32-25(36)30-20)13-28-34(21)24(33-23)29-18-8-9-18/h1-7,10-11,13,18,35H,8-9,12H2,(H,27,29,33)(H2,30,32,36). The normalized spacial score (nSPS) is 14.6. The van der Waals surface area contributed by atoms with E-state index in [2.05, 4.69) is 36.4 Å². The van der Waals surface area contributed by atoms with Gasteiger partial charge in [-0.15, -0.1) is 0 Å². The van der Waals surface area contributed by atoms with Gasteiger partial charge in [0.25, 0.3) is 5.62 Å². The first-order valence-corrected chi connectivity index (χ1v) is 11.8. The molecule has 180 valence electrons. The third kappa shape index (κ3) is 4.46. The van der Waals surface area contributed by atoms with Gasteiger partial charge in [-0.2, -0.15) is 19.6 Å². The van der Waals surface area contributed by atoms with E-state index >= 15 is 0 Å². The second kappa shape index (κ2) is 8.97. The van der Waals surface area contributed by atoms with Crippen molar-refractivity contribution in [2.75, 3.05) is 5.32 Å². The SMILES string of the molecule is O=c1[nH]c(O)c(C=c2cnn3c(=NC4CC4)nc(NCc4ccccc4-c4cccc(Cl)c4)nc23)[nH]1. The molecule has 1 aliphatic carbocycles. The quantitative estimate of drug-likeness (QED) is 0.282. The maximum atomic E-state index is 11.5. The topological polar surface area (TPSA) is 136 Å². The van der Waals surface area contributed by atoms with Crippen LogP contribution in [-0.4, -0.2) is 40.7 Å². The number of benzene rings is 2. The molecule has 4 N–H and O–H groups in total. The second-order valence-electron chi connectivity index (χ2n) is 8.55. The first-order chi connectivity index (χ1) is 17.5. The highest BCUT2D eigenvalue weighted by molar-refractivity contribution is 6.30. The van der Waals surface area contributed by atoms with E-state index in [1.165, 1.54) is 0 Å². The highest BCUT2D eigenvalue weighted by atomic mass is 35.5. The van der Waals surface area contributed by atoms with Crippen LogP contribution in [0.5, 0.6) is 5.88 Å². The molecule has 0 bridgehead atoms. The molecule has 0 radical (unpaired) electrons. The number of aromatic hydroxyl groups is 1. The van der Waals surface area contributed by atoms with Gasteiger partial charge >= 0.3 is 5.69 Å². The number of aromatic nitrogens is 6. The Hall–Kier alpha value is -4.44. The molecule has 1 saturated carbocycles. The van der Waals surface area contributed by atoms with Gasteiger partial charge in [0.2, 0.25) is 11.8 Å². The number of H-pyrrole nitrogens is 2. The minimum Gasteiger partial charge on any atom is -0.493 e. The maximum Gasteiger partial charge on any atom is 0.326 e. The molecule has 11 heteroatoms. The average molecular weight is 501 g/mol. The maximum absolute atomic E-state index is 11.5. The molecule has 0 unspecified atom stereocenters. The average Bonchev–Trinajstić information content (AvgIpc) is 3.51. The molecule has 1 fully saturated rings. The lowest BCUT2D eigenvalue weighted by Crippen LogP contribution is -2.24. The molecule has 0 amide bonds. The molecule has 3 heterocycles. The van der Waals surface area contributed by atoms with Crippen molar-refractivity contribution in [2.45, 2.75) is 25.4 Å². The monoisotopic (exact) mass is 500 g/mol. The third-order valence-electron chi connectivity index (χ3n) is 5.85. The van der Waals surface area contributed by atoms with Crippen LogP contribution in [0, 0.1) is 0 Å². The van der Waals surface area contributed by atoms with Crippen molar-refractivity contribution in [3.8, 4) is 17.0 Å². The fraction of sp³-hybridized carbons (Fsp3) is 0.160. The molecule has 0 atom stereocenters. The fourth-order valence-corrected chi connectivity index (χ4v) is 4.14. The van der Waals surface area contributed by atoms with Crippen LogP contribution in [0.3, 0.4) is 0 Å². The summed E-state index contributed by atoms with van der Waals surface area (Å²) in [5.41, 5.74) is 3.81. The number of anilines is 1. The number of rotatable bonds is 6. The van der Waals surface area contributed by atoms with Crippen LogP contribution in [0.4, 0.5) is 5.95 Å². The predicted octanol–water partition coefficient (Wildman–Crippen LogP) is 2.39. The summed E-state index contributed by atoms with van der Waals surface area (Å²) >= 11 is 6.22. The minimum atomic E-state index is -0.505. The van der Waals surface area contributed by atoms with E-state index in [0.717, 1.165) is 29.5 Å². The number of aromatic amines is 2. The van der Waals surface area contributed by atoms with Gasteiger partial charge in [-0.3, -0.25) is 4.98 Å². The summed E-state index contributed by atoms with van der Waals surface area (Å²) in [5.74, 6) is 0.136. The summed E-state index contributed by atoms with van der Waals surface area (Å²) < 4.78 is 1.57. The molecule has 0 saturated heterocycles. The van der Waals surface area contributed by atoms with Gasteiger partial charge in [-0.1, -0.05) is 48.0 Å². The Morgan fingerprint density at radius 2 is 2.03 bits per heavy atom. The number of halogens is 1. The van der Waals surface area contributed by atoms with Gasteiger partial charge in [0.05, 0.1) is 12.2 Å². The first kappa shape index (κ1) is 22.1. The molecule has 0 spiro atoms. The Bertz CT molecular complexity index is 1770. The highest BCUT2D eigenvalue weighted by Crippen LogP contribution is 2.26. The van der Waals surface area contributed by atoms with Crippen molar-refractivity contribution in [2.24, 2.45) is 4.99 Å². The molecule has 1 aliphatic rings. The van der Waals surface area contributed by atoms with Crippen LogP contribution in [0.1, 0.15) is 24.1 Å². The van der Waals surface area contributed by atoms with E-state index in [0.29, 0.717) is 34.0 Å². The van der Waals surface area contributed by atoms with E-state index < -0.39 is 5.69 Å². The first-order valence-electron chi connectivity index (χ1n) is 11.4. The summed E-state index contributed by atoms with van der Waals surface area (Å²) in [6.07, 6.45) is 5.22. The van der Waals surface area contributed by atoms with E-state index in [4.69, 9.17) is 16.6 Å². The van der Waals surface area contributed by atoms with Gasteiger partial charge in [0.15, 0.2) is 5.65 Å². The molecule has 10 nitrogen and oxygen atoms in total. The van der Waals surface area contributed by atoms with Crippen molar-refractivity contribution >= 4 is 29.3 Å². The van der Waals surface area contributed by atoms with Crippen molar-refractivity contribution in [3.05, 3.63) is 92.3 Å². The summed E-state index contributed by atoms with van der Waals surface area (Å²) in [6.45, 7) is 0.473. The largest absolute Gasteiger partial charge is 0.493 e. The third-order valence-corrected chi connectivity index (χ3v) is 6.08. The number of hydrogen-bond donors (Lipinski definition) is 4. The van der Waals surface area contributed by atoms with Gasteiger partial charge in [-0.25, -0.2) is 9.79 Å². The van der Waals surface area contributed by atoms with E-state index in [1.54, 1.807) is 16.8 Å². The number of nitrogens with zero attached hydrogens (tertiary/aromatic N) is 5. The molecule has 6 rings (SSSR count). The second-order valence-corrected chi connectivity index (χ2v) is 8.99. The molecule has 36 heavy (non-hydrogen) atoms. The van der Waals surface area contributed by atoms with Crippen LogP contribution in [0.15, 0.2) is 64.5 Å². The molecular formula is C25H21ClN8O2. The van der Waals surface area contributed by atoms with Crippen LogP contribution >= 0.6 is 11.6 Å². The minimum absolute atomic E-state index is 0.223. The van der Waals surface area contributed by atoms with Crippen LogP contribution in [0.2, 0.25) is 5.02 Å². The number of imidazole rings is 1. The predicted molar refractivity (Wildman–Crippen MR) is 135 cm³/mol. The van der Waals surface area contributed by atoms with E-state index in [1.807, 2.05) is 42.5 Å². The van der Waals surface area contributed by atoms with Crippen LogP contribution in [-0.2, 0) is 6.54 Å². The van der Waals surface area contributed by atoms with Crippen molar-refractivity contribution in [3.63, 3.8) is 0 Å². The van der Waals surface area contributed by atoms with Gasteiger partial charge in [0.1, 0.15) is 5.69 Å². The molecule has 5 aromatic rings. The Morgan fingerprint density at radius 3 is 2.81 bits per heavy atom. The Labute approximate surface area is 209 Å². The Kier molecular flexibility index (Phi) is 5.49. The summed E-state index contributed by atoms with van der Waals surface area (Å²) in [4.78, 5) is 30.4. The van der Waals surface area contributed by atoms with Crippen LogP contribution in [0.25, 0.3) is 22.9 Å². The molecule has 3 aromatic heterocycles. The summed E-state index contributed by atoms with van der Waals surface area (Å²) in [5, 5.41) is 19.0. The zero-order valence-corrected chi connectivity index (χ0v) is 19.7. The zero-order valence-electron chi connectivity index (χ0n) is 18.9. The number of nitrogens with one attached hydrogen (secondary N) is 3. The van der Waals surface area contributed by atoms with E-state index in [-0.39, 0.29) is 17.6 Å². The van der Waals surface area contributed by atoms with Gasteiger partial charge < -0.3 is 15.4 Å². The smallest absolute Gasteiger partial charge is 0.326 e. The van der Waals surface area contributed by atoms with Gasteiger partial charge in [0, 0.05) is 16.8 Å². The van der Waals surface area contributed by atoms with Crippen LogP contribution < -0.4 is 21.8 Å². The zero-order chi connectivity index (χ0) is 24.6. The fourth-order valence-electron chi connectivity index (χ4n) is 3.95. The highest BCUT2D eigenvalue weighted by Gasteiger charge is 2.21. The lowest BCUT2D eigenvalue weighted by atomic mass is 10.00. The molecule has 0 aliphatic heterocycles. The van der Waals surface area contributed by atoms with Crippen molar-refractivity contribution < 1.29 is 5.11 Å². The van der Waals surface area contributed by atoms with Crippen molar-refractivity contribution in [1.82, 2.24) is 29.5 Å². The summed E-state index contributed by atoms with van der Waals surface area (Å²) in [6, 6.07) is 16.0. The number of fused-ring (bicyclic) bond motifs is 1. The lowest BCUT2D eigenvalue weighted by molar-refractivity contribution is 0.454.